The first kappa shape index (κ1) is 31.7. The highest BCUT2D eigenvalue weighted by Gasteiger charge is 2.47. The Morgan fingerprint density at radius 3 is 2.45 bits per heavy atom. The summed E-state index contributed by atoms with van der Waals surface area (Å²) in [6, 6.07) is 9.47. The molecular formula is C27H30F3N3O7S2. The third-order valence-corrected chi connectivity index (χ3v) is 10.4. The Morgan fingerprint density at radius 1 is 1.10 bits per heavy atom. The summed E-state index contributed by atoms with van der Waals surface area (Å²) in [4.78, 5) is 17.4. The molecule has 0 bridgehead atoms. The van der Waals surface area contributed by atoms with Gasteiger partial charge in [-0.25, -0.2) is 16.8 Å². The number of carbonyl (C=O) groups excluding carboxylic acids is 1. The largest absolute Gasteiger partial charge is 0.573 e. The Morgan fingerprint density at radius 2 is 1.81 bits per heavy atom. The number of aliphatic imine (C=N–C) groups is 1. The molecule has 2 N–H and O–H groups in total. The number of amidine groups is 1. The number of unbranched alkanes of at least 4 members (excludes halogenated alkanes) is 1. The van der Waals surface area contributed by atoms with Gasteiger partial charge in [0.15, 0.2) is 9.84 Å². The average molecular weight is 630 g/mol. The van der Waals surface area contributed by atoms with Gasteiger partial charge in [0.05, 0.1) is 10.6 Å². The van der Waals surface area contributed by atoms with E-state index in [1.807, 2.05) is 0 Å². The Labute approximate surface area is 241 Å². The second-order valence-corrected chi connectivity index (χ2v) is 14.0. The molecule has 2 heterocycles. The molecule has 2 aliphatic heterocycles. The third-order valence-electron chi connectivity index (χ3n) is 7.07. The standard InChI is InChI=1S/C27H30F3N3O7S2/c1-19-17-23(41(36,37)15-3-2-14-34)8-7-20(19)9-16-42(38,39)33-12-10-26(11-13-33)25(35)31-24(32-26)21-5-4-6-22(18-21)40-27(28,29)30/h4-9,16-18,34H,2-3,10-15H2,1H3,(H,31,32,35)/b16-9+. The SMILES string of the molecule is Cc1cc(S(=O)(=O)CCCCO)ccc1/C=C/S(=O)(=O)N1CCC2(CC1)N=C(c1cccc(OC(F)(F)F)c1)NC2=O. The van der Waals surface area contributed by atoms with Crippen LogP contribution in [0.5, 0.6) is 5.75 Å². The first-order valence-electron chi connectivity index (χ1n) is 13.0. The molecule has 2 aromatic carbocycles. The van der Waals surface area contributed by atoms with Crippen molar-refractivity contribution in [1.29, 1.82) is 0 Å². The molecule has 1 fully saturated rings. The summed E-state index contributed by atoms with van der Waals surface area (Å²) in [7, 11) is -7.43. The zero-order chi connectivity index (χ0) is 30.8. The van der Waals surface area contributed by atoms with Crippen LogP contribution in [0.1, 0.15) is 42.4 Å². The maximum absolute atomic E-state index is 13.0. The number of hydrogen-bond donors (Lipinski definition) is 2. The number of nitrogens with one attached hydrogen (secondary N) is 1. The molecule has 1 saturated heterocycles. The Balaban J connectivity index is 1.43. The summed E-state index contributed by atoms with van der Waals surface area (Å²) in [6.07, 6.45) is -2.66. The molecule has 1 amide bonds. The van der Waals surface area contributed by atoms with E-state index in [9.17, 15) is 34.8 Å². The molecule has 0 radical (unpaired) electrons. The van der Waals surface area contributed by atoms with Crippen LogP contribution in [-0.2, 0) is 24.7 Å². The number of halogens is 3. The lowest BCUT2D eigenvalue weighted by atomic mass is 9.89. The van der Waals surface area contributed by atoms with E-state index in [-0.39, 0.29) is 54.6 Å². The van der Waals surface area contributed by atoms with Crippen molar-refractivity contribution >= 4 is 37.7 Å². The van der Waals surface area contributed by atoms with Crippen LogP contribution in [0.3, 0.4) is 0 Å². The number of amides is 1. The van der Waals surface area contributed by atoms with Crippen LogP contribution in [0, 0.1) is 6.92 Å². The van der Waals surface area contributed by atoms with Gasteiger partial charge < -0.3 is 15.2 Å². The van der Waals surface area contributed by atoms with Gasteiger partial charge in [0, 0.05) is 30.7 Å². The summed E-state index contributed by atoms with van der Waals surface area (Å²) in [6.45, 7) is 1.55. The number of ether oxygens (including phenoxy) is 1. The van der Waals surface area contributed by atoms with Gasteiger partial charge >= 0.3 is 6.36 Å². The lowest BCUT2D eigenvalue weighted by Crippen LogP contribution is -2.50. The van der Waals surface area contributed by atoms with Crippen LogP contribution >= 0.6 is 0 Å². The lowest BCUT2D eigenvalue weighted by Gasteiger charge is -2.34. The van der Waals surface area contributed by atoms with Gasteiger partial charge in [-0.05, 0) is 74.1 Å². The van der Waals surface area contributed by atoms with Gasteiger partial charge in [-0.2, -0.15) is 4.31 Å². The van der Waals surface area contributed by atoms with Crippen LogP contribution in [0.4, 0.5) is 13.2 Å². The van der Waals surface area contributed by atoms with Gasteiger partial charge in [-0.3, -0.25) is 9.79 Å². The van der Waals surface area contributed by atoms with Crippen molar-refractivity contribution in [2.24, 2.45) is 4.99 Å². The number of rotatable bonds is 10. The molecule has 0 saturated carbocycles. The van der Waals surface area contributed by atoms with Gasteiger partial charge in [-0.1, -0.05) is 18.2 Å². The first-order valence-corrected chi connectivity index (χ1v) is 16.2. The predicted molar refractivity (Wildman–Crippen MR) is 149 cm³/mol. The average Bonchev–Trinajstić information content (AvgIpc) is 3.22. The highest BCUT2D eigenvalue weighted by molar-refractivity contribution is 7.92. The first-order chi connectivity index (χ1) is 19.6. The van der Waals surface area contributed by atoms with Gasteiger partial charge in [-0.15, -0.1) is 13.2 Å². The van der Waals surface area contributed by atoms with Crippen molar-refractivity contribution in [1.82, 2.24) is 9.62 Å². The van der Waals surface area contributed by atoms with Crippen molar-refractivity contribution in [3.8, 4) is 5.75 Å². The van der Waals surface area contributed by atoms with E-state index in [1.165, 1.54) is 40.7 Å². The molecule has 15 heteroatoms. The number of aliphatic hydroxyl groups is 1. The van der Waals surface area contributed by atoms with Gasteiger partial charge in [0.25, 0.3) is 5.91 Å². The van der Waals surface area contributed by atoms with Crippen LogP contribution in [0.2, 0.25) is 0 Å². The highest BCUT2D eigenvalue weighted by atomic mass is 32.2. The van der Waals surface area contributed by atoms with E-state index >= 15 is 0 Å². The summed E-state index contributed by atoms with van der Waals surface area (Å²) in [5.74, 6) is -0.947. The normalized spacial score (nSPS) is 17.9. The van der Waals surface area contributed by atoms with Gasteiger partial charge in [0.2, 0.25) is 10.0 Å². The van der Waals surface area contributed by atoms with Crippen molar-refractivity contribution < 1.29 is 44.6 Å². The van der Waals surface area contributed by atoms with E-state index in [0.717, 1.165) is 17.5 Å². The quantitative estimate of drug-likeness (QED) is 0.385. The molecule has 0 aromatic heterocycles. The zero-order valence-corrected chi connectivity index (χ0v) is 24.2. The second-order valence-electron chi connectivity index (χ2n) is 10.0. The number of carbonyl (C=O) groups is 1. The third kappa shape index (κ3) is 7.38. The molecule has 0 aliphatic carbocycles. The van der Waals surface area contributed by atoms with Crippen LogP contribution < -0.4 is 10.1 Å². The summed E-state index contributed by atoms with van der Waals surface area (Å²) >= 11 is 0. The van der Waals surface area contributed by atoms with Crippen molar-refractivity contribution in [3.05, 3.63) is 64.6 Å². The lowest BCUT2D eigenvalue weighted by molar-refractivity contribution is -0.274. The molecule has 0 unspecified atom stereocenters. The van der Waals surface area contributed by atoms with Gasteiger partial charge in [0.1, 0.15) is 17.1 Å². The number of hydrogen-bond acceptors (Lipinski definition) is 8. The summed E-state index contributed by atoms with van der Waals surface area (Å²) < 4.78 is 94.0. The van der Waals surface area contributed by atoms with E-state index in [4.69, 9.17) is 5.11 Å². The van der Waals surface area contributed by atoms with E-state index < -0.39 is 43.4 Å². The fourth-order valence-electron chi connectivity index (χ4n) is 4.74. The minimum Gasteiger partial charge on any atom is -0.406 e. The monoisotopic (exact) mass is 629 g/mol. The Bertz CT molecular complexity index is 1610. The smallest absolute Gasteiger partial charge is 0.406 e. The fraction of sp³-hybridized carbons (Fsp3) is 0.407. The number of nitrogens with zero attached hydrogens (tertiary/aromatic N) is 2. The van der Waals surface area contributed by atoms with Crippen LogP contribution in [0.15, 0.2) is 57.8 Å². The number of piperidine rings is 1. The summed E-state index contributed by atoms with van der Waals surface area (Å²) in [5, 5.41) is 12.5. The molecule has 2 aliphatic rings. The number of sulfone groups is 1. The van der Waals surface area contributed by atoms with Crippen molar-refractivity contribution in [2.45, 2.75) is 49.4 Å². The Hall–Kier alpha value is -3.27. The zero-order valence-electron chi connectivity index (χ0n) is 22.6. The number of sulfonamides is 1. The second kappa shape index (κ2) is 12.1. The fourth-order valence-corrected chi connectivity index (χ4v) is 7.37. The number of alkyl halides is 3. The molecule has 1 spiro atoms. The molecule has 2 aromatic rings. The van der Waals surface area contributed by atoms with Crippen LogP contribution in [0.25, 0.3) is 6.08 Å². The van der Waals surface area contributed by atoms with Crippen molar-refractivity contribution in [2.75, 3.05) is 25.4 Å². The molecule has 42 heavy (non-hydrogen) atoms. The van der Waals surface area contributed by atoms with Crippen LogP contribution in [-0.4, -0.2) is 75.3 Å². The maximum Gasteiger partial charge on any atom is 0.573 e. The molecule has 4 rings (SSSR count). The molecular weight excluding hydrogens is 599 g/mol. The van der Waals surface area contributed by atoms with E-state index in [0.29, 0.717) is 24.0 Å². The molecule has 10 nitrogen and oxygen atoms in total. The minimum absolute atomic E-state index is 0.0158. The maximum atomic E-state index is 13.0. The number of aliphatic hydroxyl groups excluding tert-OH is 1. The molecule has 0 atom stereocenters. The van der Waals surface area contributed by atoms with E-state index in [2.05, 4.69) is 15.0 Å². The minimum atomic E-state index is -4.88. The topological polar surface area (TPSA) is 142 Å². The number of benzene rings is 2. The predicted octanol–water partition coefficient (Wildman–Crippen LogP) is 3.15. The summed E-state index contributed by atoms with van der Waals surface area (Å²) in [5.41, 5.74) is 0.0550. The molecule has 228 valence electrons. The highest BCUT2D eigenvalue weighted by Crippen LogP contribution is 2.33. The van der Waals surface area contributed by atoms with Crippen molar-refractivity contribution in [3.63, 3.8) is 0 Å². The van der Waals surface area contributed by atoms with E-state index in [1.54, 1.807) is 6.92 Å². The Kier molecular flexibility index (Phi) is 9.16. The number of aryl methyl sites for hydroxylation is 1.